The Kier molecular flexibility index (Phi) is 2.86. The Labute approximate surface area is 77.3 Å². The Morgan fingerprint density at radius 3 is 2.42 bits per heavy atom. The van der Waals surface area contributed by atoms with Crippen LogP contribution in [0.25, 0.3) is 0 Å². The molecule has 0 fully saturated rings. The lowest BCUT2D eigenvalue weighted by Crippen LogP contribution is -2.13. The van der Waals surface area contributed by atoms with Crippen molar-refractivity contribution in [2.75, 3.05) is 5.32 Å². The number of anilines is 1. The summed E-state index contributed by atoms with van der Waals surface area (Å²) in [7, 11) is 0. The third-order valence-electron chi connectivity index (χ3n) is 1.15. The van der Waals surface area contributed by atoms with Gasteiger partial charge in [0.2, 0.25) is 5.95 Å². The molecule has 1 rings (SSSR count). The van der Waals surface area contributed by atoms with Crippen LogP contribution in [-0.2, 0) is 0 Å². The van der Waals surface area contributed by atoms with Crippen LogP contribution in [0.4, 0.5) is 5.95 Å². The van der Waals surface area contributed by atoms with Crippen molar-refractivity contribution in [2.24, 2.45) is 0 Å². The molecule has 1 aromatic rings. The molecule has 0 aliphatic heterocycles. The van der Waals surface area contributed by atoms with Crippen LogP contribution >= 0.6 is 12.6 Å². The summed E-state index contributed by atoms with van der Waals surface area (Å²) in [4.78, 5) is 12.0. The molecule has 0 spiro atoms. The van der Waals surface area contributed by atoms with Gasteiger partial charge in [-0.15, -0.1) is 12.6 Å². The Morgan fingerprint density at radius 1 is 1.25 bits per heavy atom. The number of aryl methyl sites for hydroxylation is 1. The monoisotopic (exact) mass is 184 g/mol. The van der Waals surface area contributed by atoms with Crippen molar-refractivity contribution in [3.05, 3.63) is 5.82 Å². The second kappa shape index (κ2) is 3.71. The van der Waals surface area contributed by atoms with Crippen LogP contribution in [0.3, 0.4) is 0 Å². The molecule has 0 bridgehead atoms. The first-order valence-electron chi connectivity index (χ1n) is 3.76. The fourth-order valence-electron chi connectivity index (χ4n) is 0.790. The molecule has 0 aliphatic rings. The summed E-state index contributed by atoms with van der Waals surface area (Å²) in [5.41, 5.74) is 0. The number of thiol groups is 1. The SMILES string of the molecule is Cc1nc(S)nc(NC(C)C)n1. The van der Waals surface area contributed by atoms with Gasteiger partial charge >= 0.3 is 0 Å². The molecule has 0 atom stereocenters. The minimum atomic E-state index is 0.319. The van der Waals surface area contributed by atoms with Crippen LogP contribution in [-0.4, -0.2) is 21.0 Å². The zero-order valence-electron chi connectivity index (χ0n) is 7.37. The molecule has 5 heteroatoms. The van der Waals surface area contributed by atoms with E-state index in [-0.39, 0.29) is 0 Å². The first kappa shape index (κ1) is 9.25. The molecule has 0 saturated heterocycles. The van der Waals surface area contributed by atoms with E-state index in [9.17, 15) is 0 Å². The normalized spacial score (nSPS) is 10.4. The predicted octanol–water partition coefficient (Wildman–Crippen LogP) is 1.29. The van der Waals surface area contributed by atoms with Gasteiger partial charge in [0.25, 0.3) is 0 Å². The summed E-state index contributed by atoms with van der Waals surface area (Å²) in [6, 6.07) is 0.319. The van der Waals surface area contributed by atoms with Gasteiger partial charge in [-0.25, -0.2) is 4.98 Å². The van der Waals surface area contributed by atoms with E-state index in [4.69, 9.17) is 0 Å². The minimum Gasteiger partial charge on any atom is -0.352 e. The van der Waals surface area contributed by atoms with Crippen LogP contribution in [0.1, 0.15) is 19.7 Å². The van der Waals surface area contributed by atoms with Crippen LogP contribution < -0.4 is 5.32 Å². The highest BCUT2D eigenvalue weighted by atomic mass is 32.1. The van der Waals surface area contributed by atoms with Gasteiger partial charge in [0.05, 0.1) is 0 Å². The van der Waals surface area contributed by atoms with Gasteiger partial charge in [-0.1, -0.05) is 0 Å². The van der Waals surface area contributed by atoms with Gasteiger partial charge in [-0.05, 0) is 20.8 Å². The van der Waals surface area contributed by atoms with Crippen molar-refractivity contribution in [1.82, 2.24) is 15.0 Å². The highest BCUT2D eigenvalue weighted by molar-refractivity contribution is 7.80. The molecule has 0 saturated carbocycles. The number of hydrogen-bond acceptors (Lipinski definition) is 5. The molecule has 4 nitrogen and oxygen atoms in total. The second-order valence-corrected chi connectivity index (χ2v) is 3.21. The van der Waals surface area contributed by atoms with E-state index in [0.29, 0.717) is 23.0 Å². The minimum absolute atomic E-state index is 0.319. The first-order chi connectivity index (χ1) is 5.58. The smallest absolute Gasteiger partial charge is 0.227 e. The summed E-state index contributed by atoms with van der Waals surface area (Å²) in [6.07, 6.45) is 0. The molecule has 0 unspecified atom stereocenters. The van der Waals surface area contributed by atoms with Crippen LogP contribution in [0.15, 0.2) is 5.16 Å². The van der Waals surface area contributed by atoms with Crippen molar-refractivity contribution in [1.29, 1.82) is 0 Å². The molecular weight excluding hydrogens is 172 g/mol. The Hall–Kier alpha value is -0.840. The zero-order chi connectivity index (χ0) is 9.14. The Morgan fingerprint density at radius 2 is 1.92 bits per heavy atom. The third kappa shape index (κ3) is 2.65. The van der Waals surface area contributed by atoms with Gasteiger partial charge in [-0.2, -0.15) is 9.97 Å². The molecule has 1 aromatic heterocycles. The van der Waals surface area contributed by atoms with E-state index in [1.54, 1.807) is 0 Å². The van der Waals surface area contributed by atoms with Crippen molar-refractivity contribution < 1.29 is 0 Å². The third-order valence-corrected chi connectivity index (χ3v) is 1.35. The van der Waals surface area contributed by atoms with Gasteiger partial charge in [0, 0.05) is 6.04 Å². The summed E-state index contributed by atoms with van der Waals surface area (Å²) >= 11 is 4.04. The topological polar surface area (TPSA) is 50.7 Å². The number of aromatic nitrogens is 3. The summed E-state index contributed by atoms with van der Waals surface area (Å²) in [5.74, 6) is 1.26. The highest BCUT2D eigenvalue weighted by Gasteiger charge is 2.01. The van der Waals surface area contributed by atoms with E-state index in [2.05, 4.69) is 32.9 Å². The standard InChI is InChI=1S/C7H12N4S/c1-4(2)8-6-9-5(3)10-7(12)11-6/h4H,1-3H3,(H2,8,9,10,11,12). The molecule has 1 heterocycles. The van der Waals surface area contributed by atoms with Gasteiger partial charge in [0.15, 0.2) is 5.16 Å². The van der Waals surface area contributed by atoms with Crippen LogP contribution in [0, 0.1) is 6.92 Å². The molecule has 12 heavy (non-hydrogen) atoms. The van der Waals surface area contributed by atoms with Gasteiger partial charge in [-0.3, -0.25) is 0 Å². The highest BCUT2D eigenvalue weighted by Crippen LogP contribution is 2.04. The number of nitrogens with one attached hydrogen (secondary N) is 1. The number of rotatable bonds is 2. The van der Waals surface area contributed by atoms with E-state index in [0.717, 1.165) is 0 Å². The van der Waals surface area contributed by atoms with Crippen LogP contribution in [0.5, 0.6) is 0 Å². The predicted molar refractivity (Wildman–Crippen MR) is 50.6 cm³/mol. The van der Waals surface area contributed by atoms with E-state index in [1.807, 2.05) is 20.8 Å². The molecule has 0 aliphatic carbocycles. The number of hydrogen-bond donors (Lipinski definition) is 2. The maximum absolute atomic E-state index is 4.09. The fourth-order valence-corrected chi connectivity index (χ4v) is 1.03. The second-order valence-electron chi connectivity index (χ2n) is 2.81. The van der Waals surface area contributed by atoms with E-state index < -0.39 is 0 Å². The molecule has 0 radical (unpaired) electrons. The number of nitrogens with zero attached hydrogens (tertiary/aromatic N) is 3. The molecule has 0 aromatic carbocycles. The average molecular weight is 184 g/mol. The molecular formula is C7H12N4S. The van der Waals surface area contributed by atoms with Crippen LogP contribution in [0.2, 0.25) is 0 Å². The molecule has 1 N–H and O–H groups in total. The largest absolute Gasteiger partial charge is 0.352 e. The van der Waals surface area contributed by atoms with Crippen molar-refractivity contribution in [3.63, 3.8) is 0 Å². The lowest BCUT2D eigenvalue weighted by atomic mass is 10.4. The van der Waals surface area contributed by atoms with Crippen molar-refractivity contribution >= 4 is 18.6 Å². The maximum Gasteiger partial charge on any atom is 0.227 e. The summed E-state index contributed by atoms with van der Waals surface area (Å²) < 4.78 is 0. The summed E-state index contributed by atoms with van der Waals surface area (Å²) in [5, 5.41) is 3.52. The Balaban J connectivity index is 2.85. The quantitative estimate of drug-likeness (QED) is 0.680. The molecule has 0 amide bonds. The zero-order valence-corrected chi connectivity index (χ0v) is 8.26. The van der Waals surface area contributed by atoms with Crippen molar-refractivity contribution in [2.45, 2.75) is 32.0 Å². The van der Waals surface area contributed by atoms with Gasteiger partial charge < -0.3 is 5.32 Å². The van der Waals surface area contributed by atoms with Crippen molar-refractivity contribution in [3.8, 4) is 0 Å². The average Bonchev–Trinajstić information content (AvgIpc) is 1.81. The lowest BCUT2D eigenvalue weighted by molar-refractivity contribution is 0.816. The van der Waals surface area contributed by atoms with Gasteiger partial charge in [0.1, 0.15) is 5.82 Å². The summed E-state index contributed by atoms with van der Waals surface area (Å²) in [6.45, 7) is 5.86. The van der Waals surface area contributed by atoms with E-state index in [1.165, 1.54) is 0 Å². The maximum atomic E-state index is 4.09. The molecule has 66 valence electrons. The lowest BCUT2D eigenvalue weighted by Gasteiger charge is -2.07. The Bertz CT molecular complexity index is 254. The first-order valence-corrected chi connectivity index (χ1v) is 4.21. The fraction of sp³-hybridized carbons (Fsp3) is 0.571. The van der Waals surface area contributed by atoms with E-state index >= 15 is 0 Å².